The van der Waals surface area contributed by atoms with Crippen LogP contribution < -0.4 is 5.32 Å². The SMILES string of the molecule is CCCn1c(NC(=O)[C@@H]2CC(=O)N(Cc3ccc(C)cc3)C2)nc2ccccc21. The molecule has 150 valence electrons. The highest BCUT2D eigenvalue weighted by Gasteiger charge is 2.34. The van der Waals surface area contributed by atoms with Crippen molar-refractivity contribution >= 4 is 28.8 Å². The van der Waals surface area contributed by atoms with E-state index in [-0.39, 0.29) is 24.2 Å². The summed E-state index contributed by atoms with van der Waals surface area (Å²) in [5.74, 6) is 0.0792. The smallest absolute Gasteiger partial charge is 0.232 e. The number of fused-ring (bicyclic) bond motifs is 1. The van der Waals surface area contributed by atoms with Crippen molar-refractivity contribution in [1.82, 2.24) is 14.5 Å². The minimum Gasteiger partial charge on any atom is -0.338 e. The molecule has 0 saturated carbocycles. The van der Waals surface area contributed by atoms with Crippen LogP contribution in [0.1, 0.15) is 30.9 Å². The summed E-state index contributed by atoms with van der Waals surface area (Å²) in [6.45, 7) is 5.89. The van der Waals surface area contributed by atoms with Gasteiger partial charge in [-0.1, -0.05) is 48.9 Å². The summed E-state index contributed by atoms with van der Waals surface area (Å²) in [7, 11) is 0. The maximum Gasteiger partial charge on any atom is 0.232 e. The van der Waals surface area contributed by atoms with Gasteiger partial charge in [-0.15, -0.1) is 0 Å². The van der Waals surface area contributed by atoms with Crippen LogP contribution in [0.5, 0.6) is 0 Å². The molecule has 0 aliphatic carbocycles. The average Bonchev–Trinajstić information content (AvgIpc) is 3.25. The van der Waals surface area contributed by atoms with E-state index in [0.717, 1.165) is 29.6 Å². The van der Waals surface area contributed by atoms with Gasteiger partial charge in [0.2, 0.25) is 17.8 Å². The molecule has 1 aliphatic rings. The number of hydrogen-bond donors (Lipinski definition) is 1. The number of benzene rings is 2. The minimum absolute atomic E-state index is 0.0211. The lowest BCUT2D eigenvalue weighted by Crippen LogP contribution is -2.28. The molecule has 0 radical (unpaired) electrons. The van der Waals surface area contributed by atoms with Gasteiger partial charge in [0, 0.05) is 26.1 Å². The quantitative estimate of drug-likeness (QED) is 0.697. The van der Waals surface area contributed by atoms with E-state index in [9.17, 15) is 9.59 Å². The largest absolute Gasteiger partial charge is 0.338 e. The lowest BCUT2D eigenvalue weighted by molar-refractivity contribution is -0.128. The molecule has 2 amide bonds. The summed E-state index contributed by atoms with van der Waals surface area (Å²) >= 11 is 0. The van der Waals surface area contributed by atoms with Gasteiger partial charge in [-0.3, -0.25) is 14.9 Å². The monoisotopic (exact) mass is 390 g/mol. The number of aromatic nitrogens is 2. The van der Waals surface area contributed by atoms with Crippen LogP contribution in [0.4, 0.5) is 5.95 Å². The third-order valence-electron chi connectivity index (χ3n) is 5.42. The van der Waals surface area contributed by atoms with Crippen LogP contribution in [0.3, 0.4) is 0 Å². The van der Waals surface area contributed by atoms with Crippen LogP contribution in [0.15, 0.2) is 48.5 Å². The van der Waals surface area contributed by atoms with Gasteiger partial charge < -0.3 is 9.47 Å². The van der Waals surface area contributed by atoms with Crippen LogP contribution >= 0.6 is 0 Å². The van der Waals surface area contributed by atoms with E-state index in [1.807, 2.05) is 60.0 Å². The highest BCUT2D eigenvalue weighted by Crippen LogP contribution is 2.24. The Labute approximate surface area is 170 Å². The molecule has 1 atom stereocenters. The molecule has 1 N–H and O–H groups in total. The van der Waals surface area contributed by atoms with Gasteiger partial charge in [-0.05, 0) is 31.0 Å². The van der Waals surface area contributed by atoms with Crippen molar-refractivity contribution in [3.63, 3.8) is 0 Å². The highest BCUT2D eigenvalue weighted by atomic mass is 16.2. The van der Waals surface area contributed by atoms with Crippen molar-refractivity contribution < 1.29 is 9.59 Å². The molecule has 1 saturated heterocycles. The van der Waals surface area contributed by atoms with Crippen molar-refractivity contribution in [1.29, 1.82) is 0 Å². The molecule has 6 nitrogen and oxygen atoms in total. The second-order valence-corrected chi connectivity index (χ2v) is 7.73. The van der Waals surface area contributed by atoms with Crippen molar-refractivity contribution in [2.24, 2.45) is 5.92 Å². The van der Waals surface area contributed by atoms with E-state index in [1.54, 1.807) is 4.90 Å². The van der Waals surface area contributed by atoms with Crippen molar-refractivity contribution in [2.45, 2.75) is 39.8 Å². The van der Waals surface area contributed by atoms with E-state index in [0.29, 0.717) is 19.0 Å². The van der Waals surface area contributed by atoms with Gasteiger partial charge in [-0.25, -0.2) is 4.98 Å². The van der Waals surface area contributed by atoms with Crippen LogP contribution in [0.25, 0.3) is 11.0 Å². The first-order valence-corrected chi connectivity index (χ1v) is 10.1. The molecule has 2 aromatic carbocycles. The van der Waals surface area contributed by atoms with Gasteiger partial charge in [0.1, 0.15) is 0 Å². The number of nitrogens with one attached hydrogen (secondary N) is 1. The predicted octanol–water partition coefficient (Wildman–Crippen LogP) is 3.74. The number of likely N-dealkylation sites (tertiary alicyclic amines) is 1. The molecule has 1 aromatic heterocycles. The number of para-hydroxylation sites is 2. The third kappa shape index (κ3) is 4.01. The number of amides is 2. The summed E-state index contributed by atoms with van der Waals surface area (Å²) in [5.41, 5.74) is 4.14. The molecule has 0 bridgehead atoms. The number of nitrogens with zero attached hydrogens (tertiary/aromatic N) is 3. The second-order valence-electron chi connectivity index (χ2n) is 7.73. The van der Waals surface area contributed by atoms with Crippen molar-refractivity contribution in [3.05, 3.63) is 59.7 Å². The Morgan fingerprint density at radius 1 is 1.17 bits per heavy atom. The number of carbonyl (C=O) groups excluding carboxylic acids is 2. The maximum atomic E-state index is 12.9. The first-order chi connectivity index (χ1) is 14.0. The highest BCUT2D eigenvalue weighted by molar-refractivity contribution is 5.97. The number of rotatable bonds is 6. The zero-order chi connectivity index (χ0) is 20.4. The molecular weight excluding hydrogens is 364 g/mol. The maximum absolute atomic E-state index is 12.9. The van der Waals surface area contributed by atoms with E-state index in [4.69, 9.17) is 0 Å². The van der Waals surface area contributed by atoms with Gasteiger partial charge in [-0.2, -0.15) is 0 Å². The standard InChI is InChI=1S/C23H26N4O2/c1-3-12-27-20-7-5-4-6-19(20)24-23(27)25-22(29)18-13-21(28)26(15-18)14-17-10-8-16(2)9-11-17/h4-11,18H,3,12-15H2,1-2H3,(H,24,25,29)/t18-/m1/s1. The number of imidazole rings is 1. The zero-order valence-corrected chi connectivity index (χ0v) is 16.9. The fourth-order valence-corrected chi connectivity index (χ4v) is 3.85. The Balaban J connectivity index is 1.46. The van der Waals surface area contributed by atoms with Crippen LogP contribution in [-0.4, -0.2) is 32.8 Å². The predicted molar refractivity (Wildman–Crippen MR) is 113 cm³/mol. The normalized spacial score (nSPS) is 16.6. The summed E-state index contributed by atoms with van der Waals surface area (Å²) < 4.78 is 2.04. The Morgan fingerprint density at radius 3 is 2.69 bits per heavy atom. The molecule has 29 heavy (non-hydrogen) atoms. The number of hydrogen-bond acceptors (Lipinski definition) is 3. The van der Waals surface area contributed by atoms with Crippen molar-refractivity contribution in [2.75, 3.05) is 11.9 Å². The Morgan fingerprint density at radius 2 is 1.93 bits per heavy atom. The summed E-state index contributed by atoms with van der Waals surface area (Å²) in [5, 5.41) is 2.97. The second kappa shape index (κ2) is 8.07. The van der Waals surface area contributed by atoms with E-state index in [2.05, 4.69) is 17.2 Å². The molecule has 3 aromatic rings. The molecule has 1 aliphatic heterocycles. The van der Waals surface area contributed by atoms with Crippen LogP contribution in [0, 0.1) is 12.8 Å². The molecule has 0 unspecified atom stereocenters. The van der Waals surface area contributed by atoms with Gasteiger partial charge in [0.25, 0.3) is 0 Å². The number of aryl methyl sites for hydroxylation is 2. The molecule has 0 spiro atoms. The van der Waals surface area contributed by atoms with Crippen LogP contribution in [-0.2, 0) is 22.7 Å². The first kappa shape index (κ1) is 19.2. The van der Waals surface area contributed by atoms with E-state index in [1.165, 1.54) is 5.56 Å². The molecule has 1 fully saturated rings. The lowest BCUT2D eigenvalue weighted by atomic mass is 10.1. The Bertz CT molecular complexity index is 1040. The summed E-state index contributed by atoms with van der Waals surface area (Å²) in [6, 6.07) is 16.0. The zero-order valence-electron chi connectivity index (χ0n) is 16.9. The topological polar surface area (TPSA) is 67.2 Å². The number of carbonyl (C=O) groups is 2. The average molecular weight is 390 g/mol. The van der Waals surface area contributed by atoms with Gasteiger partial charge >= 0.3 is 0 Å². The molecular formula is C23H26N4O2. The van der Waals surface area contributed by atoms with E-state index >= 15 is 0 Å². The number of anilines is 1. The fourth-order valence-electron chi connectivity index (χ4n) is 3.85. The van der Waals surface area contributed by atoms with E-state index < -0.39 is 0 Å². The Hall–Kier alpha value is -3.15. The molecule has 6 heteroatoms. The summed E-state index contributed by atoms with van der Waals surface area (Å²) in [6.07, 6.45) is 1.18. The first-order valence-electron chi connectivity index (χ1n) is 10.1. The van der Waals surface area contributed by atoms with Gasteiger partial charge in [0.15, 0.2) is 0 Å². The van der Waals surface area contributed by atoms with Crippen LogP contribution in [0.2, 0.25) is 0 Å². The third-order valence-corrected chi connectivity index (χ3v) is 5.42. The fraction of sp³-hybridized carbons (Fsp3) is 0.348. The van der Waals surface area contributed by atoms with Gasteiger partial charge in [0.05, 0.1) is 17.0 Å². The summed E-state index contributed by atoms with van der Waals surface area (Å²) in [4.78, 5) is 31.7. The van der Waals surface area contributed by atoms with Crippen molar-refractivity contribution in [3.8, 4) is 0 Å². The minimum atomic E-state index is -0.358. The molecule has 2 heterocycles. The Kier molecular flexibility index (Phi) is 5.34. The lowest BCUT2D eigenvalue weighted by Gasteiger charge is -2.17. The molecule has 4 rings (SSSR count).